The van der Waals surface area contributed by atoms with E-state index < -0.39 is 6.30 Å². The number of rotatable bonds is 4. The summed E-state index contributed by atoms with van der Waals surface area (Å²) in [6.07, 6.45) is -2.54. The fourth-order valence-electron chi connectivity index (χ4n) is 0.653. The standard InChI is InChI=1S/C7H12F3N3/c1-12-5-6(4-11)2-3-13-7(8,9)10/h2-3,12H,4-5,11H2,1H3. The second kappa shape index (κ2) is 5.71. The van der Waals surface area contributed by atoms with Crippen molar-refractivity contribution in [3.05, 3.63) is 11.6 Å². The van der Waals surface area contributed by atoms with Crippen molar-refractivity contribution in [3.63, 3.8) is 0 Å². The molecule has 0 heterocycles. The molecule has 76 valence electrons. The topological polar surface area (TPSA) is 50.4 Å². The average molecular weight is 195 g/mol. The Morgan fingerprint density at radius 2 is 2.15 bits per heavy atom. The van der Waals surface area contributed by atoms with Crippen molar-refractivity contribution in [1.29, 1.82) is 0 Å². The van der Waals surface area contributed by atoms with Crippen LogP contribution in [0.2, 0.25) is 0 Å². The minimum absolute atomic E-state index is 0.213. The van der Waals surface area contributed by atoms with Crippen molar-refractivity contribution in [2.45, 2.75) is 6.30 Å². The second-order valence-corrected chi connectivity index (χ2v) is 2.31. The van der Waals surface area contributed by atoms with Gasteiger partial charge in [-0.25, -0.2) is 0 Å². The normalized spacial score (nSPS) is 14.1. The van der Waals surface area contributed by atoms with E-state index in [9.17, 15) is 13.2 Å². The molecule has 0 bridgehead atoms. The van der Waals surface area contributed by atoms with Gasteiger partial charge in [0.25, 0.3) is 0 Å². The van der Waals surface area contributed by atoms with Gasteiger partial charge in [0.05, 0.1) is 0 Å². The molecule has 0 amide bonds. The Bertz CT molecular complexity index is 196. The maximum absolute atomic E-state index is 11.5. The largest absolute Gasteiger partial charge is 0.503 e. The van der Waals surface area contributed by atoms with E-state index >= 15 is 0 Å². The molecule has 0 radical (unpaired) electrons. The highest BCUT2D eigenvalue weighted by atomic mass is 19.4. The van der Waals surface area contributed by atoms with Gasteiger partial charge in [-0.3, -0.25) is 0 Å². The number of halogens is 3. The first-order valence-electron chi connectivity index (χ1n) is 3.64. The summed E-state index contributed by atoms with van der Waals surface area (Å²) >= 11 is 0. The van der Waals surface area contributed by atoms with Gasteiger partial charge in [0.1, 0.15) is 0 Å². The van der Waals surface area contributed by atoms with Crippen LogP contribution in [-0.4, -0.2) is 32.7 Å². The Morgan fingerprint density at radius 3 is 2.54 bits per heavy atom. The predicted octanol–water partition coefficient (Wildman–Crippen LogP) is 0.682. The van der Waals surface area contributed by atoms with Crippen LogP contribution in [0.25, 0.3) is 0 Å². The summed E-state index contributed by atoms with van der Waals surface area (Å²) in [4.78, 5) is 2.34. The molecule has 3 nitrogen and oxygen atoms in total. The first kappa shape index (κ1) is 12.1. The van der Waals surface area contributed by atoms with Crippen molar-refractivity contribution in [2.75, 3.05) is 20.1 Å². The van der Waals surface area contributed by atoms with Crippen LogP contribution in [0.1, 0.15) is 0 Å². The summed E-state index contributed by atoms with van der Waals surface area (Å²) in [6.45, 7) is 0.672. The molecule has 6 heteroatoms. The number of hydrogen-bond donors (Lipinski definition) is 2. The van der Waals surface area contributed by atoms with Crippen LogP contribution in [0.15, 0.2) is 16.6 Å². The lowest BCUT2D eigenvalue weighted by Crippen LogP contribution is -2.17. The molecule has 0 fully saturated rings. The van der Waals surface area contributed by atoms with Gasteiger partial charge < -0.3 is 11.1 Å². The Morgan fingerprint density at radius 1 is 1.54 bits per heavy atom. The zero-order chi connectivity index (χ0) is 10.3. The molecule has 0 aliphatic heterocycles. The molecule has 0 aliphatic rings. The fourth-order valence-corrected chi connectivity index (χ4v) is 0.653. The Labute approximate surface area is 74.5 Å². The third kappa shape index (κ3) is 7.48. The molecule has 0 aromatic carbocycles. The van der Waals surface area contributed by atoms with E-state index in [0.717, 1.165) is 0 Å². The van der Waals surface area contributed by atoms with Crippen molar-refractivity contribution in [1.82, 2.24) is 5.32 Å². The van der Waals surface area contributed by atoms with Crippen LogP contribution in [0.4, 0.5) is 13.2 Å². The number of aliphatic imine (C=N–C) groups is 1. The number of hydrogen-bond acceptors (Lipinski definition) is 3. The lowest BCUT2D eigenvalue weighted by Gasteiger charge is -2.00. The maximum Gasteiger partial charge on any atom is 0.503 e. The maximum atomic E-state index is 11.5. The first-order valence-corrected chi connectivity index (χ1v) is 3.64. The number of nitrogens with zero attached hydrogens (tertiary/aromatic N) is 1. The van der Waals surface area contributed by atoms with Crippen molar-refractivity contribution < 1.29 is 13.2 Å². The molecule has 3 N–H and O–H groups in total. The number of nitrogens with one attached hydrogen (secondary N) is 1. The van der Waals surface area contributed by atoms with Crippen LogP contribution >= 0.6 is 0 Å². The van der Waals surface area contributed by atoms with Gasteiger partial charge in [-0.2, -0.15) is 4.99 Å². The average Bonchev–Trinajstić information content (AvgIpc) is 2.01. The molecule has 0 saturated heterocycles. The summed E-state index contributed by atoms with van der Waals surface area (Å²) in [5.41, 5.74) is 5.92. The third-order valence-electron chi connectivity index (χ3n) is 1.20. The molecule has 0 saturated carbocycles. The minimum atomic E-state index is -4.50. The zero-order valence-electron chi connectivity index (χ0n) is 7.23. The molecular formula is C7H12F3N3. The number of nitrogens with two attached hydrogens (primary N) is 1. The van der Waals surface area contributed by atoms with Crippen LogP contribution in [0, 0.1) is 0 Å². The van der Waals surface area contributed by atoms with Crippen LogP contribution < -0.4 is 11.1 Å². The van der Waals surface area contributed by atoms with Gasteiger partial charge in [0.15, 0.2) is 0 Å². The second-order valence-electron chi connectivity index (χ2n) is 2.31. The molecule has 0 aliphatic carbocycles. The quantitative estimate of drug-likeness (QED) is 0.512. The van der Waals surface area contributed by atoms with Crippen LogP contribution in [0.3, 0.4) is 0 Å². The van der Waals surface area contributed by atoms with E-state index in [0.29, 0.717) is 18.3 Å². The summed E-state index contributed by atoms with van der Waals surface area (Å²) < 4.78 is 34.6. The van der Waals surface area contributed by atoms with Gasteiger partial charge in [-0.05, 0) is 18.7 Å². The van der Waals surface area contributed by atoms with E-state index in [2.05, 4.69) is 10.3 Å². The number of allylic oxidation sites excluding steroid dienone is 1. The van der Waals surface area contributed by atoms with Crippen LogP contribution in [0.5, 0.6) is 0 Å². The summed E-state index contributed by atoms with van der Waals surface area (Å²) in [6, 6.07) is 0. The molecular weight excluding hydrogens is 183 g/mol. The van der Waals surface area contributed by atoms with Gasteiger partial charge in [-0.1, -0.05) is 0 Å². The van der Waals surface area contributed by atoms with Crippen molar-refractivity contribution in [3.8, 4) is 0 Å². The number of likely N-dealkylation sites (N-methyl/N-ethyl adjacent to an activating group) is 1. The molecule has 13 heavy (non-hydrogen) atoms. The summed E-state index contributed by atoms with van der Waals surface area (Å²) in [5.74, 6) is 0. The number of alkyl halides is 3. The summed E-state index contributed by atoms with van der Waals surface area (Å²) in [7, 11) is 1.68. The lowest BCUT2D eigenvalue weighted by molar-refractivity contribution is -0.118. The van der Waals surface area contributed by atoms with Gasteiger partial charge in [0.2, 0.25) is 0 Å². The molecule has 0 aromatic heterocycles. The highest BCUT2D eigenvalue weighted by Crippen LogP contribution is 2.14. The van der Waals surface area contributed by atoms with E-state index in [1.807, 2.05) is 0 Å². The highest BCUT2D eigenvalue weighted by Gasteiger charge is 2.24. The monoisotopic (exact) mass is 195 g/mol. The summed E-state index contributed by atoms with van der Waals surface area (Å²) in [5, 5.41) is 2.78. The van der Waals surface area contributed by atoms with E-state index in [1.165, 1.54) is 6.08 Å². The van der Waals surface area contributed by atoms with Gasteiger partial charge in [0, 0.05) is 19.3 Å². The molecule has 0 unspecified atom stereocenters. The highest BCUT2D eigenvalue weighted by molar-refractivity contribution is 5.72. The molecule has 0 spiro atoms. The molecule has 0 rings (SSSR count). The Hall–Kier alpha value is -0.880. The van der Waals surface area contributed by atoms with E-state index in [1.54, 1.807) is 7.05 Å². The van der Waals surface area contributed by atoms with Crippen molar-refractivity contribution >= 4 is 6.21 Å². The fraction of sp³-hybridized carbons (Fsp3) is 0.571. The zero-order valence-corrected chi connectivity index (χ0v) is 7.23. The van der Waals surface area contributed by atoms with Crippen LogP contribution in [-0.2, 0) is 0 Å². The Balaban J connectivity index is 4.13. The predicted molar refractivity (Wildman–Crippen MR) is 45.6 cm³/mol. The van der Waals surface area contributed by atoms with Gasteiger partial charge in [-0.15, -0.1) is 13.2 Å². The first-order chi connectivity index (χ1) is 5.99. The third-order valence-corrected chi connectivity index (χ3v) is 1.20. The molecule has 0 atom stereocenters. The minimum Gasteiger partial charge on any atom is -0.327 e. The van der Waals surface area contributed by atoms with E-state index in [4.69, 9.17) is 5.73 Å². The molecule has 0 aromatic rings. The smallest absolute Gasteiger partial charge is 0.327 e. The lowest BCUT2D eigenvalue weighted by atomic mass is 10.2. The van der Waals surface area contributed by atoms with Gasteiger partial charge >= 0.3 is 6.30 Å². The van der Waals surface area contributed by atoms with Crippen molar-refractivity contribution in [2.24, 2.45) is 10.7 Å². The van der Waals surface area contributed by atoms with E-state index in [-0.39, 0.29) is 6.54 Å². The Kier molecular flexibility index (Phi) is 5.33. The SMILES string of the molecule is CNCC(=CC=NC(F)(F)F)CN.